The third kappa shape index (κ3) is 6.32. The van der Waals surface area contributed by atoms with Crippen molar-refractivity contribution in [2.24, 2.45) is 4.99 Å². The van der Waals surface area contributed by atoms with Crippen molar-refractivity contribution >= 4 is 32.7 Å². The van der Waals surface area contributed by atoms with Gasteiger partial charge >= 0.3 is 0 Å². The lowest BCUT2D eigenvalue weighted by Crippen LogP contribution is -1.83. The lowest BCUT2D eigenvalue weighted by molar-refractivity contribution is 1.00. The topological polar surface area (TPSA) is 12.4 Å². The van der Waals surface area contributed by atoms with Gasteiger partial charge in [-0.25, -0.2) is 4.99 Å². The van der Waals surface area contributed by atoms with E-state index in [0.29, 0.717) is 5.17 Å². The second kappa shape index (κ2) is 6.62. The van der Waals surface area contributed by atoms with Crippen LogP contribution in [0.4, 0.5) is 0 Å². The molecule has 0 aliphatic heterocycles. The van der Waals surface area contributed by atoms with Crippen LogP contribution in [0.15, 0.2) is 28.3 Å². The Morgan fingerprint density at radius 1 is 1.73 bits per heavy atom. The lowest BCUT2D eigenvalue weighted by Gasteiger charge is -1.90. The molecule has 0 bridgehead atoms. The highest BCUT2D eigenvalue weighted by Gasteiger charge is 1.88. The van der Waals surface area contributed by atoms with E-state index in [2.05, 4.69) is 34.4 Å². The number of allylic oxidation sites excluding steroid dienone is 2. The summed E-state index contributed by atoms with van der Waals surface area (Å²) in [5, 5.41) is 0.631. The molecular formula is C8H11BrClN. The predicted octanol–water partition coefficient (Wildman–Crippen LogP) is 3.85. The number of nitrogens with zero attached hydrogens (tertiary/aromatic N) is 1. The highest BCUT2D eigenvalue weighted by molar-refractivity contribution is 9.11. The van der Waals surface area contributed by atoms with Crippen LogP contribution >= 0.6 is 27.5 Å². The molecule has 0 spiro atoms. The Morgan fingerprint density at radius 3 is 2.82 bits per heavy atom. The maximum atomic E-state index is 5.73. The van der Waals surface area contributed by atoms with Crippen LogP contribution in [0.25, 0.3) is 0 Å². The normalized spacial score (nSPS) is 13.4. The van der Waals surface area contributed by atoms with Gasteiger partial charge in [0, 0.05) is 17.1 Å². The third-order valence-corrected chi connectivity index (χ3v) is 1.79. The van der Waals surface area contributed by atoms with Gasteiger partial charge in [0.1, 0.15) is 5.17 Å². The van der Waals surface area contributed by atoms with E-state index in [1.165, 1.54) is 0 Å². The molecule has 0 aromatic rings. The van der Waals surface area contributed by atoms with Gasteiger partial charge in [0.05, 0.1) is 0 Å². The van der Waals surface area contributed by atoms with Crippen LogP contribution in [0.2, 0.25) is 0 Å². The zero-order valence-corrected chi connectivity index (χ0v) is 8.82. The summed E-state index contributed by atoms with van der Waals surface area (Å²) in [6.45, 7) is 5.62. The smallest absolute Gasteiger partial charge is 0.106 e. The van der Waals surface area contributed by atoms with E-state index in [1.807, 2.05) is 0 Å². The van der Waals surface area contributed by atoms with Crippen molar-refractivity contribution in [1.29, 1.82) is 0 Å². The fourth-order valence-electron chi connectivity index (χ4n) is 0.455. The minimum Gasteiger partial charge on any atom is -0.248 e. The molecule has 1 nitrogen and oxygen atoms in total. The molecule has 0 unspecified atom stereocenters. The summed E-state index contributed by atoms with van der Waals surface area (Å²) in [6.07, 6.45) is 5.15. The van der Waals surface area contributed by atoms with Gasteiger partial charge in [-0.05, 0) is 22.4 Å². The van der Waals surface area contributed by atoms with Crippen LogP contribution in [-0.4, -0.2) is 5.17 Å². The van der Waals surface area contributed by atoms with Crippen LogP contribution < -0.4 is 0 Å². The highest BCUT2D eigenvalue weighted by atomic mass is 79.9. The number of rotatable bonds is 4. The van der Waals surface area contributed by atoms with E-state index < -0.39 is 0 Å². The summed E-state index contributed by atoms with van der Waals surface area (Å²) < 4.78 is 0.840. The standard InChI is InChI=1S/C8H11BrClN/c1-3-5-8(10)11-6-7(9)4-2/h4,6H,2-3,5H2,1H3/b7-6+,11-8?. The van der Waals surface area contributed by atoms with Crippen molar-refractivity contribution in [3.05, 3.63) is 23.3 Å². The maximum absolute atomic E-state index is 5.73. The first kappa shape index (κ1) is 10.9. The van der Waals surface area contributed by atoms with Gasteiger partial charge in [0.2, 0.25) is 0 Å². The Labute approximate surface area is 81.0 Å². The molecule has 0 heterocycles. The molecule has 0 N–H and O–H groups in total. The molecule has 11 heavy (non-hydrogen) atoms. The maximum Gasteiger partial charge on any atom is 0.106 e. The summed E-state index contributed by atoms with van der Waals surface area (Å²) in [7, 11) is 0. The molecule has 0 saturated carbocycles. The zero-order valence-electron chi connectivity index (χ0n) is 6.48. The van der Waals surface area contributed by atoms with E-state index in [9.17, 15) is 0 Å². The first-order valence-electron chi connectivity index (χ1n) is 3.41. The average Bonchev–Trinajstić information content (AvgIpc) is 2.01. The Bertz CT molecular complexity index is 185. The number of halogens is 2. The fourth-order valence-corrected chi connectivity index (χ4v) is 0.795. The minimum atomic E-state index is 0.631. The fraction of sp³-hybridized carbons (Fsp3) is 0.375. The van der Waals surface area contributed by atoms with Crippen LogP contribution in [0, 0.1) is 0 Å². The Hall–Kier alpha value is -0.0800. The van der Waals surface area contributed by atoms with Gasteiger partial charge in [-0.2, -0.15) is 0 Å². The van der Waals surface area contributed by atoms with Crippen LogP contribution in [0.1, 0.15) is 19.8 Å². The van der Waals surface area contributed by atoms with Crippen LogP contribution in [-0.2, 0) is 0 Å². The van der Waals surface area contributed by atoms with Gasteiger partial charge in [-0.3, -0.25) is 0 Å². The monoisotopic (exact) mass is 235 g/mol. The number of hydrogen-bond acceptors (Lipinski definition) is 1. The van der Waals surface area contributed by atoms with Crippen molar-refractivity contribution < 1.29 is 0 Å². The summed E-state index contributed by atoms with van der Waals surface area (Å²) in [6, 6.07) is 0. The molecular weight excluding hydrogens is 225 g/mol. The summed E-state index contributed by atoms with van der Waals surface area (Å²) in [5.41, 5.74) is 0. The first-order chi connectivity index (χ1) is 5.20. The summed E-state index contributed by atoms with van der Waals surface area (Å²) >= 11 is 8.97. The molecule has 0 aliphatic carbocycles. The molecule has 0 atom stereocenters. The van der Waals surface area contributed by atoms with E-state index in [0.717, 1.165) is 17.3 Å². The SMILES string of the molecule is C=C/C(Br)=C\N=C(Cl)CCC. The van der Waals surface area contributed by atoms with Gasteiger partial charge in [-0.1, -0.05) is 31.2 Å². The molecule has 0 amide bonds. The largest absolute Gasteiger partial charge is 0.248 e. The summed E-state index contributed by atoms with van der Waals surface area (Å²) in [4.78, 5) is 3.99. The number of hydrogen-bond donors (Lipinski definition) is 0. The molecule has 0 radical (unpaired) electrons. The van der Waals surface area contributed by atoms with Crippen molar-refractivity contribution in [1.82, 2.24) is 0 Å². The molecule has 0 aromatic carbocycles. The Morgan fingerprint density at radius 2 is 2.36 bits per heavy atom. The Balaban J connectivity index is 3.99. The molecule has 3 heteroatoms. The van der Waals surface area contributed by atoms with Crippen molar-refractivity contribution in [2.75, 3.05) is 0 Å². The van der Waals surface area contributed by atoms with E-state index in [4.69, 9.17) is 11.6 Å². The van der Waals surface area contributed by atoms with Gasteiger partial charge in [-0.15, -0.1) is 0 Å². The average molecular weight is 237 g/mol. The van der Waals surface area contributed by atoms with E-state index in [-0.39, 0.29) is 0 Å². The molecule has 0 aliphatic rings. The third-order valence-electron chi connectivity index (χ3n) is 0.979. The predicted molar refractivity (Wildman–Crippen MR) is 55.4 cm³/mol. The zero-order chi connectivity index (χ0) is 8.69. The van der Waals surface area contributed by atoms with E-state index >= 15 is 0 Å². The quantitative estimate of drug-likeness (QED) is 0.519. The first-order valence-corrected chi connectivity index (χ1v) is 4.58. The second-order valence-corrected chi connectivity index (χ2v) is 3.33. The lowest BCUT2D eigenvalue weighted by atomic mass is 10.4. The Kier molecular flexibility index (Phi) is 6.57. The molecule has 0 fully saturated rings. The van der Waals surface area contributed by atoms with E-state index in [1.54, 1.807) is 12.3 Å². The van der Waals surface area contributed by atoms with Crippen molar-refractivity contribution in [3.63, 3.8) is 0 Å². The highest BCUT2D eigenvalue weighted by Crippen LogP contribution is 2.06. The van der Waals surface area contributed by atoms with Gasteiger partial charge in [0.25, 0.3) is 0 Å². The van der Waals surface area contributed by atoms with Gasteiger partial charge < -0.3 is 0 Å². The molecule has 62 valence electrons. The van der Waals surface area contributed by atoms with Crippen molar-refractivity contribution in [2.45, 2.75) is 19.8 Å². The van der Waals surface area contributed by atoms with Crippen LogP contribution in [0.3, 0.4) is 0 Å². The molecule has 0 aromatic heterocycles. The minimum absolute atomic E-state index is 0.631. The number of aliphatic imine (C=N–C) groups is 1. The molecule has 0 rings (SSSR count). The van der Waals surface area contributed by atoms with Gasteiger partial charge in [0.15, 0.2) is 0 Å². The van der Waals surface area contributed by atoms with Crippen LogP contribution in [0.5, 0.6) is 0 Å². The molecule has 0 saturated heterocycles. The second-order valence-electron chi connectivity index (χ2n) is 1.97. The summed E-state index contributed by atoms with van der Waals surface area (Å²) in [5.74, 6) is 0. The van der Waals surface area contributed by atoms with Crippen molar-refractivity contribution in [3.8, 4) is 0 Å².